The molecule has 0 atom stereocenters. The molecule has 0 spiro atoms. The van der Waals surface area contributed by atoms with E-state index in [0.717, 1.165) is 34.4 Å². The normalized spacial score (nSPS) is 15.0. The Morgan fingerprint density at radius 2 is 2.10 bits per heavy atom. The summed E-state index contributed by atoms with van der Waals surface area (Å²) in [6.07, 6.45) is 1.28. The molecule has 1 fully saturated rings. The summed E-state index contributed by atoms with van der Waals surface area (Å²) in [5.74, 6) is 0.407. The first-order valence-corrected chi connectivity index (χ1v) is 10.3. The van der Waals surface area contributed by atoms with Crippen molar-refractivity contribution in [2.75, 3.05) is 25.4 Å². The highest BCUT2D eigenvalue weighted by Crippen LogP contribution is 2.30. The molecule has 29 heavy (non-hydrogen) atoms. The number of fused-ring (bicyclic) bond motifs is 1. The first kappa shape index (κ1) is 19.2. The summed E-state index contributed by atoms with van der Waals surface area (Å²) in [5.41, 5.74) is 8.84. The second-order valence-corrected chi connectivity index (χ2v) is 7.98. The molecule has 4 rings (SSSR count). The van der Waals surface area contributed by atoms with Crippen molar-refractivity contribution in [3.63, 3.8) is 0 Å². The summed E-state index contributed by atoms with van der Waals surface area (Å²) in [7, 11) is 0. The molecule has 1 saturated heterocycles. The summed E-state index contributed by atoms with van der Waals surface area (Å²) < 4.78 is 0. The Balaban J connectivity index is 1.29. The van der Waals surface area contributed by atoms with E-state index in [1.165, 1.54) is 16.2 Å². The molecule has 1 aliphatic heterocycles. The minimum Gasteiger partial charge on any atom is -0.465 e. The number of hydrogen-bond donors (Lipinski definition) is 4. The van der Waals surface area contributed by atoms with Crippen LogP contribution in [0.2, 0.25) is 0 Å². The Labute approximate surface area is 171 Å². The van der Waals surface area contributed by atoms with Gasteiger partial charge in [0.05, 0.1) is 16.0 Å². The topological polar surface area (TPSA) is 137 Å². The third-order valence-electron chi connectivity index (χ3n) is 5.13. The summed E-state index contributed by atoms with van der Waals surface area (Å²) >= 11 is 1.47. The Morgan fingerprint density at radius 1 is 1.31 bits per heavy atom. The zero-order chi connectivity index (χ0) is 20.4. The largest absolute Gasteiger partial charge is 0.465 e. The van der Waals surface area contributed by atoms with E-state index in [4.69, 9.17) is 10.8 Å². The number of nitrogens with one attached hydrogen (secondary N) is 2. The number of aromatic nitrogens is 3. The number of piperidine rings is 1. The van der Waals surface area contributed by atoms with Crippen LogP contribution in [0.15, 0.2) is 23.6 Å². The number of benzene rings is 1. The van der Waals surface area contributed by atoms with Gasteiger partial charge in [-0.15, -0.1) is 11.3 Å². The number of imidazole rings is 1. The van der Waals surface area contributed by atoms with Gasteiger partial charge in [-0.1, -0.05) is 6.07 Å². The van der Waals surface area contributed by atoms with E-state index in [2.05, 4.69) is 20.3 Å². The number of aromatic amines is 1. The number of carbonyl (C=O) groups excluding carboxylic acids is 1. The number of nitrogens with two attached hydrogens (primary N) is 1. The molecule has 1 aliphatic rings. The molecule has 152 valence electrons. The van der Waals surface area contributed by atoms with Crippen molar-refractivity contribution in [1.82, 2.24) is 25.2 Å². The maximum absolute atomic E-state index is 12.4. The lowest BCUT2D eigenvalue weighted by atomic mass is 9.98. The molecular formula is C19H22N6O3S. The monoisotopic (exact) mass is 414 g/mol. The van der Waals surface area contributed by atoms with Crippen molar-refractivity contribution in [3.8, 4) is 0 Å². The lowest BCUT2D eigenvalue weighted by Crippen LogP contribution is -2.36. The summed E-state index contributed by atoms with van der Waals surface area (Å²) in [5, 5.41) is 14.6. The standard InChI is InChI=1S/C19H22N6O3S/c20-18-23-13-2-1-11(9-14(13)24-18)3-6-21-16(26)15-10-29-17(22-15)12-4-7-25(8-5-12)19(27)28/h1-2,9-10,12H,3-8H2,(H,21,26)(H,27,28)(H3,20,23,24). The van der Waals surface area contributed by atoms with Crippen molar-refractivity contribution >= 4 is 40.3 Å². The van der Waals surface area contributed by atoms with Crippen LogP contribution >= 0.6 is 11.3 Å². The van der Waals surface area contributed by atoms with Crippen molar-refractivity contribution in [3.05, 3.63) is 39.8 Å². The van der Waals surface area contributed by atoms with Gasteiger partial charge in [-0.2, -0.15) is 0 Å². The SMILES string of the molecule is Nc1nc2cc(CCNC(=O)c3csc(C4CCN(C(=O)O)CC4)n3)ccc2[nH]1. The molecule has 9 nitrogen and oxygen atoms in total. The Morgan fingerprint density at radius 3 is 2.86 bits per heavy atom. The molecule has 0 unspecified atom stereocenters. The van der Waals surface area contributed by atoms with Crippen LogP contribution in [0.25, 0.3) is 11.0 Å². The van der Waals surface area contributed by atoms with E-state index in [9.17, 15) is 9.59 Å². The highest BCUT2D eigenvalue weighted by atomic mass is 32.1. The number of nitrogens with zero attached hydrogens (tertiary/aromatic N) is 3. The van der Waals surface area contributed by atoms with E-state index in [1.54, 1.807) is 5.38 Å². The number of H-pyrrole nitrogens is 1. The second kappa shape index (κ2) is 8.08. The highest BCUT2D eigenvalue weighted by Gasteiger charge is 2.26. The van der Waals surface area contributed by atoms with Gasteiger partial charge in [-0.05, 0) is 37.0 Å². The minimum absolute atomic E-state index is 0.194. The third-order valence-corrected chi connectivity index (χ3v) is 6.14. The van der Waals surface area contributed by atoms with Gasteiger partial charge in [-0.3, -0.25) is 4.79 Å². The number of amides is 2. The zero-order valence-electron chi connectivity index (χ0n) is 15.7. The highest BCUT2D eigenvalue weighted by molar-refractivity contribution is 7.09. The van der Waals surface area contributed by atoms with Gasteiger partial charge in [0.1, 0.15) is 5.69 Å². The number of nitrogen functional groups attached to an aromatic ring is 1. The van der Waals surface area contributed by atoms with Crippen LogP contribution in [-0.4, -0.2) is 56.6 Å². The van der Waals surface area contributed by atoms with E-state index in [-0.39, 0.29) is 11.8 Å². The lowest BCUT2D eigenvalue weighted by molar-refractivity contribution is 0.0949. The van der Waals surface area contributed by atoms with Crippen molar-refractivity contribution in [1.29, 1.82) is 0 Å². The number of rotatable bonds is 5. The average Bonchev–Trinajstić information content (AvgIpc) is 3.33. The number of carbonyl (C=O) groups is 2. The average molecular weight is 414 g/mol. The van der Waals surface area contributed by atoms with E-state index >= 15 is 0 Å². The lowest BCUT2D eigenvalue weighted by Gasteiger charge is -2.28. The van der Waals surface area contributed by atoms with E-state index in [1.807, 2.05) is 18.2 Å². The first-order valence-electron chi connectivity index (χ1n) is 9.45. The van der Waals surface area contributed by atoms with Crippen molar-refractivity contribution < 1.29 is 14.7 Å². The maximum Gasteiger partial charge on any atom is 0.407 e. The van der Waals surface area contributed by atoms with Gasteiger partial charge < -0.3 is 26.0 Å². The fourth-order valence-electron chi connectivity index (χ4n) is 3.53. The van der Waals surface area contributed by atoms with E-state index < -0.39 is 6.09 Å². The minimum atomic E-state index is -0.877. The smallest absolute Gasteiger partial charge is 0.407 e. The van der Waals surface area contributed by atoms with E-state index in [0.29, 0.717) is 37.7 Å². The molecule has 3 heterocycles. The zero-order valence-corrected chi connectivity index (χ0v) is 16.5. The van der Waals surface area contributed by atoms with Crippen LogP contribution in [0.3, 0.4) is 0 Å². The van der Waals surface area contributed by atoms with Gasteiger partial charge in [0.2, 0.25) is 0 Å². The quantitative estimate of drug-likeness (QED) is 0.506. The molecule has 2 amide bonds. The van der Waals surface area contributed by atoms with Gasteiger partial charge >= 0.3 is 6.09 Å². The van der Waals surface area contributed by atoms with Crippen LogP contribution < -0.4 is 11.1 Å². The fraction of sp³-hybridized carbons (Fsp3) is 0.368. The molecule has 0 aliphatic carbocycles. The number of carboxylic acid groups (broad SMARTS) is 1. The molecule has 10 heteroatoms. The number of thiazole rings is 1. The van der Waals surface area contributed by atoms with Crippen molar-refractivity contribution in [2.24, 2.45) is 0 Å². The predicted molar refractivity (Wildman–Crippen MR) is 110 cm³/mol. The molecule has 0 saturated carbocycles. The molecule has 5 N–H and O–H groups in total. The number of likely N-dealkylation sites (tertiary alicyclic amines) is 1. The van der Waals surface area contributed by atoms with Gasteiger partial charge in [0.25, 0.3) is 5.91 Å². The Kier molecular flexibility index (Phi) is 5.34. The Hall–Kier alpha value is -3.14. The summed E-state index contributed by atoms with van der Waals surface area (Å²) in [6.45, 7) is 1.51. The molecule has 0 bridgehead atoms. The van der Waals surface area contributed by atoms with Crippen LogP contribution in [0.5, 0.6) is 0 Å². The molecule has 3 aromatic rings. The van der Waals surface area contributed by atoms with Crippen LogP contribution in [0, 0.1) is 0 Å². The maximum atomic E-state index is 12.4. The summed E-state index contributed by atoms with van der Waals surface area (Å²) in [4.78, 5) is 36.5. The molecule has 0 radical (unpaired) electrons. The second-order valence-electron chi connectivity index (χ2n) is 7.09. The number of anilines is 1. The Bertz CT molecular complexity index is 1040. The predicted octanol–water partition coefficient (Wildman–Crippen LogP) is 2.43. The van der Waals surface area contributed by atoms with Crippen molar-refractivity contribution in [2.45, 2.75) is 25.2 Å². The van der Waals surface area contributed by atoms with Crippen LogP contribution in [-0.2, 0) is 6.42 Å². The first-order chi connectivity index (χ1) is 14.0. The van der Waals surface area contributed by atoms with Gasteiger partial charge in [-0.25, -0.2) is 14.8 Å². The third kappa shape index (κ3) is 4.32. The summed E-state index contributed by atoms with van der Waals surface area (Å²) in [6, 6.07) is 5.87. The molecule has 2 aromatic heterocycles. The fourth-order valence-corrected chi connectivity index (χ4v) is 4.51. The van der Waals surface area contributed by atoms with Gasteiger partial charge in [0.15, 0.2) is 5.95 Å². The van der Waals surface area contributed by atoms with Crippen LogP contribution in [0.4, 0.5) is 10.7 Å². The number of hydrogen-bond acceptors (Lipinski definition) is 6. The molecule has 1 aromatic carbocycles. The molecular weight excluding hydrogens is 392 g/mol. The van der Waals surface area contributed by atoms with Gasteiger partial charge in [0, 0.05) is 30.9 Å². The van der Waals surface area contributed by atoms with Crippen LogP contribution in [0.1, 0.15) is 39.8 Å².